The van der Waals surface area contributed by atoms with Crippen LogP contribution in [0.25, 0.3) is 32.5 Å². The van der Waals surface area contributed by atoms with Crippen LogP contribution in [0, 0.1) is 0 Å². The van der Waals surface area contributed by atoms with E-state index in [1.807, 2.05) is 24.3 Å². The predicted octanol–water partition coefficient (Wildman–Crippen LogP) is 3.88. The third kappa shape index (κ3) is 1.52. The Kier molecular flexibility index (Phi) is 2.62. The van der Waals surface area contributed by atoms with Crippen LogP contribution in [0.3, 0.4) is 0 Å². The average molecular weight is 262 g/mol. The Hall–Kier alpha value is -3.27. The van der Waals surface area contributed by atoms with Gasteiger partial charge >= 0.3 is 0 Å². The van der Waals surface area contributed by atoms with Gasteiger partial charge in [0.1, 0.15) is 0 Å². The van der Waals surface area contributed by atoms with Crippen LogP contribution in [-0.4, -0.2) is 5.78 Å². The molecule has 0 spiro atoms. The maximum absolute atomic E-state index is 12.0. The summed E-state index contributed by atoms with van der Waals surface area (Å²) >= 11 is 0. The summed E-state index contributed by atoms with van der Waals surface area (Å²) < 4.78 is 0. The van der Waals surface area contributed by atoms with Crippen molar-refractivity contribution in [2.24, 2.45) is 10.2 Å². The number of ketones is 1. The lowest BCUT2D eigenvalue weighted by atomic mass is 9.80. The van der Waals surface area contributed by atoms with Gasteiger partial charge in [-0.15, -0.1) is 0 Å². The minimum Gasteiger partial charge on any atom is -0.289 e. The molecule has 0 radical (unpaired) electrons. The molecule has 0 saturated heterocycles. The smallest absolute Gasteiger partial charge is 0.197 e. The van der Waals surface area contributed by atoms with E-state index in [0.29, 0.717) is 11.1 Å². The van der Waals surface area contributed by atoms with Crippen LogP contribution in [0.1, 0.15) is 11.1 Å². The molecular formula is C13H6N6O. The van der Waals surface area contributed by atoms with E-state index in [-0.39, 0.29) is 11.4 Å². The lowest BCUT2D eigenvalue weighted by Gasteiger charge is -2.24. The van der Waals surface area contributed by atoms with Crippen LogP contribution in [0.2, 0.25) is 0 Å². The zero-order valence-corrected chi connectivity index (χ0v) is 10.1. The summed E-state index contributed by atoms with van der Waals surface area (Å²) in [6.07, 6.45) is 3.35. The number of Topliss-reactive ketones (excluding diaryl/α,β-unsaturated/α-hetero) is 1. The zero-order chi connectivity index (χ0) is 14.1. The lowest BCUT2D eigenvalue weighted by molar-refractivity contribution is -0.112. The van der Waals surface area contributed by atoms with Gasteiger partial charge in [-0.3, -0.25) is 4.79 Å². The third-order valence-corrected chi connectivity index (χ3v) is 3.13. The quantitative estimate of drug-likeness (QED) is 0.449. The molecule has 1 aromatic carbocycles. The van der Waals surface area contributed by atoms with E-state index in [1.54, 1.807) is 12.2 Å². The molecule has 94 valence electrons. The number of hydrogen-bond acceptors (Lipinski definition) is 3. The van der Waals surface area contributed by atoms with Gasteiger partial charge in [-0.25, -0.2) is 0 Å². The molecule has 7 heteroatoms. The highest BCUT2D eigenvalue weighted by Gasteiger charge is 2.37. The monoisotopic (exact) mass is 262 g/mol. The molecule has 0 bridgehead atoms. The Morgan fingerprint density at radius 2 is 1.70 bits per heavy atom. The van der Waals surface area contributed by atoms with E-state index in [0.717, 1.165) is 11.1 Å². The molecule has 2 aliphatic rings. The molecule has 0 aromatic heterocycles. The first-order valence-electron chi connectivity index (χ1n) is 5.69. The molecule has 0 fully saturated rings. The highest BCUT2D eigenvalue weighted by Crippen LogP contribution is 2.44. The van der Waals surface area contributed by atoms with Gasteiger partial charge in [-0.2, -0.15) is 0 Å². The molecule has 0 atom stereocenters. The summed E-state index contributed by atoms with van der Waals surface area (Å²) in [6, 6.07) is 7.38. The van der Waals surface area contributed by atoms with E-state index in [9.17, 15) is 4.79 Å². The van der Waals surface area contributed by atoms with Crippen molar-refractivity contribution in [1.82, 2.24) is 0 Å². The molecule has 0 unspecified atom stereocenters. The number of allylic oxidation sites excluding steroid dienone is 3. The summed E-state index contributed by atoms with van der Waals surface area (Å²) in [4.78, 5) is 17.4. The van der Waals surface area contributed by atoms with E-state index in [1.165, 1.54) is 0 Å². The summed E-state index contributed by atoms with van der Waals surface area (Å²) in [7, 11) is 0. The second-order valence-corrected chi connectivity index (χ2v) is 4.11. The summed E-state index contributed by atoms with van der Waals surface area (Å²) in [5.74, 6) is -0.401. The van der Waals surface area contributed by atoms with E-state index in [2.05, 4.69) is 20.1 Å². The van der Waals surface area contributed by atoms with Crippen molar-refractivity contribution in [1.29, 1.82) is 0 Å². The number of carbonyl (C=O) groups is 1. The first kappa shape index (κ1) is 11.8. The Balaban J connectivity index is 2.39. The van der Waals surface area contributed by atoms with Gasteiger partial charge in [0.2, 0.25) is 0 Å². The van der Waals surface area contributed by atoms with E-state index < -0.39 is 5.78 Å². The van der Waals surface area contributed by atoms with Crippen LogP contribution in [-0.2, 0) is 4.79 Å². The van der Waals surface area contributed by atoms with Crippen molar-refractivity contribution >= 4 is 17.4 Å². The van der Waals surface area contributed by atoms with Crippen LogP contribution in [0.15, 0.2) is 57.5 Å². The van der Waals surface area contributed by atoms with Crippen LogP contribution >= 0.6 is 0 Å². The summed E-state index contributed by atoms with van der Waals surface area (Å²) in [5.41, 5.74) is 19.9. The van der Waals surface area contributed by atoms with Crippen molar-refractivity contribution in [2.75, 3.05) is 0 Å². The van der Waals surface area contributed by atoms with Gasteiger partial charge in [-0.05, 0) is 22.2 Å². The SMILES string of the molecule is [N-]=[N+]=NC1=C2C(=O)C(N=[N+]=[N-])=C2c2ccccc2C=C1. The largest absolute Gasteiger partial charge is 0.289 e. The fourth-order valence-corrected chi connectivity index (χ4v) is 2.30. The second kappa shape index (κ2) is 4.44. The van der Waals surface area contributed by atoms with Crippen molar-refractivity contribution in [3.05, 3.63) is 79.3 Å². The molecule has 0 amide bonds. The van der Waals surface area contributed by atoms with Gasteiger partial charge in [0.25, 0.3) is 0 Å². The van der Waals surface area contributed by atoms with Gasteiger partial charge in [0, 0.05) is 26.7 Å². The summed E-state index contributed by atoms with van der Waals surface area (Å²) in [6.45, 7) is 0. The summed E-state index contributed by atoms with van der Waals surface area (Å²) in [5, 5.41) is 6.98. The standard InChI is InChI=1S/C13H6N6O/c14-18-16-9-6-5-7-3-1-2-4-8(7)10-11(9)13(20)12(10)17-19-15/h1-6H. The number of hydrogen-bond donors (Lipinski definition) is 0. The number of nitrogens with zero attached hydrogens (tertiary/aromatic N) is 6. The second-order valence-electron chi connectivity index (χ2n) is 4.11. The number of rotatable bonds is 2. The molecule has 0 aliphatic heterocycles. The Morgan fingerprint density at radius 1 is 0.950 bits per heavy atom. The maximum Gasteiger partial charge on any atom is 0.197 e. The minimum atomic E-state index is -0.401. The highest BCUT2D eigenvalue weighted by molar-refractivity contribution is 6.33. The van der Waals surface area contributed by atoms with Crippen molar-refractivity contribution in [3.63, 3.8) is 0 Å². The van der Waals surface area contributed by atoms with Gasteiger partial charge in [0.15, 0.2) is 5.78 Å². The van der Waals surface area contributed by atoms with Crippen molar-refractivity contribution in [2.45, 2.75) is 0 Å². The molecule has 20 heavy (non-hydrogen) atoms. The van der Waals surface area contributed by atoms with Crippen LogP contribution in [0.5, 0.6) is 0 Å². The molecule has 0 N–H and O–H groups in total. The van der Waals surface area contributed by atoms with Crippen LogP contribution < -0.4 is 0 Å². The molecule has 2 aliphatic carbocycles. The molecule has 0 saturated carbocycles. The van der Waals surface area contributed by atoms with Gasteiger partial charge < -0.3 is 0 Å². The maximum atomic E-state index is 12.0. The third-order valence-electron chi connectivity index (χ3n) is 3.13. The van der Waals surface area contributed by atoms with Crippen molar-refractivity contribution < 1.29 is 4.79 Å². The Morgan fingerprint density at radius 3 is 2.45 bits per heavy atom. The first-order valence-corrected chi connectivity index (χ1v) is 5.69. The molecule has 1 aromatic rings. The first-order chi connectivity index (χ1) is 9.77. The normalized spacial score (nSPS) is 15.5. The fourth-order valence-electron chi connectivity index (χ4n) is 2.30. The fraction of sp³-hybridized carbons (Fsp3) is 0. The Bertz CT molecular complexity index is 832. The number of azide groups is 2. The van der Waals surface area contributed by atoms with Gasteiger partial charge in [0.05, 0.1) is 5.70 Å². The van der Waals surface area contributed by atoms with E-state index >= 15 is 0 Å². The molecule has 7 nitrogen and oxygen atoms in total. The molecule has 3 rings (SSSR count). The Labute approximate surface area is 112 Å². The zero-order valence-electron chi connectivity index (χ0n) is 10.1. The van der Waals surface area contributed by atoms with Gasteiger partial charge in [-0.1, -0.05) is 46.6 Å². The number of carbonyl (C=O) groups excluding carboxylic acids is 1. The highest BCUT2D eigenvalue weighted by atomic mass is 16.1. The number of fused-ring (bicyclic) bond motifs is 3. The topological polar surface area (TPSA) is 115 Å². The molecule has 0 heterocycles. The lowest BCUT2D eigenvalue weighted by Crippen LogP contribution is -2.21. The predicted molar refractivity (Wildman–Crippen MR) is 72.7 cm³/mol. The average Bonchev–Trinajstić information content (AvgIpc) is 2.61. The van der Waals surface area contributed by atoms with E-state index in [4.69, 9.17) is 11.1 Å². The van der Waals surface area contributed by atoms with Crippen molar-refractivity contribution in [3.8, 4) is 0 Å². The molecular weight excluding hydrogens is 256 g/mol. The van der Waals surface area contributed by atoms with Crippen LogP contribution in [0.4, 0.5) is 0 Å². The minimum absolute atomic E-state index is 0.0595. The number of benzene rings is 1.